The van der Waals surface area contributed by atoms with E-state index in [4.69, 9.17) is 0 Å². The molecule has 0 fully saturated rings. The molecule has 0 aliphatic heterocycles. The Bertz CT molecular complexity index is 611. The van der Waals surface area contributed by atoms with Gasteiger partial charge < -0.3 is 10.2 Å². The van der Waals surface area contributed by atoms with Gasteiger partial charge in [0.05, 0.1) is 5.56 Å². The number of hydrogen-bond donors (Lipinski definition) is 1. The fourth-order valence-electron chi connectivity index (χ4n) is 2.01. The lowest BCUT2D eigenvalue weighted by atomic mass is 10.1. The van der Waals surface area contributed by atoms with Crippen LogP contribution in [0.25, 0.3) is 0 Å². The summed E-state index contributed by atoms with van der Waals surface area (Å²) in [7, 11) is 4.06. The Balaban J connectivity index is 2.02. The predicted molar refractivity (Wildman–Crippen MR) is 86.9 cm³/mol. The van der Waals surface area contributed by atoms with Gasteiger partial charge in [-0.25, -0.2) is 4.98 Å². The molecule has 2 aromatic rings. The summed E-state index contributed by atoms with van der Waals surface area (Å²) in [4.78, 5) is 18.3. The molecule has 1 aromatic heterocycles. The Morgan fingerprint density at radius 2 is 1.90 bits per heavy atom. The molecule has 1 amide bonds. The van der Waals surface area contributed by atoms with Crippen molar-refractivity contribution >= 4 is 21.8 Å². The number of carbonyl (C=O) groups excluding carboxylic acids is 1. The first-order chi connectivity index (χ1) is 10.1. The van der Waals surface area contributed by atoms with Gasteiger partial charge in [0.15, 0.2) is 0 Å². The molecule has 2 rings (SSSR count). The van der Waals surface area contributed by atoms with Crippen molar-refractivity contribution in [3.8, 4) is 0 Å². The van der Waals surface area contributed by atoms with Gasteiger partial charge in [0.25, 0.3) is 5.91 Å². The van der Waals surface area contributed by atoms with Crippen molar-refractivity contribution in [2.24, 2.45) is 0 Å². The molecule has 0 saturated carbocycles. The SMILES string of the molecule is CN(C)Cc1ccccc1CNC(=O)c1ccc(Br)nc1. The van der Waals surface area contributed by atoms with E-state index < -0.39 is 0 Å². The van der Waals surface area contributed by atoms with Gasteiger partial charge in [0, 0.05) is 19.3 Å². The van der Waals surface area contributed by atoms with Crippen LogP contribution in [0, 0.1) is 0 Å². The molecular weight excluding hydrogens is 330 g/mol. The number of halogens is 1. The first kappa shape index (κ1) is 15.7. The molecule has 0 aliphatic carbocycles. The van der Waals surface area contributed by atoms with E-state index in [2.05, 4.69) is 37.2 Å². The predicted octanol–water partition coefficient (Wildman–Crippen LogP) is 2.84. The number of hydrogen-bond acceptors (Lipinski definition) is 3. The minimum Gasteiger partial charge on any atom is -0.348 e. The maximum absolute atomic E-state index is 12.1. The van der Waals surface area contributed by atoms with Gasteiger partial charge >= 0.3 is 0 Å². The Hall–Kier alpha value is -1.72. The molecule has 0 saturated heterocycles. The quantitative estimate of drug-likeness (QED) is 0.846. The van der Waals surface area contributed by atoms with Gasteiger partial charge in [0.1, 0.15) is 4.60 Å². The molecule has 1 aromatic carbocycles. The summed E-state index contributed by atoms with van der Waals surface area (Å²) in [6.07, 6.45) is 1.56. The summed E-state index contributed by atoms with van der Waals surface area (Å²) in [5, 5.41) is 2.94. The lowest BCUT2D eigenvalue weighted by molar-refractivity contribution is 0.0950. The Kier molecular flexibility index (Phi) is 5.47. The van der Waals surface area contributed by atoms with Gasteiger partial charge in [-0.05, 0) is 53.3 Å². The second-order valence-corrected chi connectivity index (χ2v) is 5.87. The van der Waals surface area contributed by atoms with Crippen LogP contribution in [-0.4, -0.2) is 29.9 Å². The van der Waals surface area contributed by atoms with Crippen LogP contribution in [0.3, 0.4) is 0 Å². The van der Waals surface area contributed by atoms with Gasteiger partial charge in [-0.2, -0.15) is 0 Å². The minimum atomic E-state index is -0.116. The second-order valence-electron chi connectivity index (χ2n) is 5.06. The second kappa shape index (κ2) is 7.33. The number of nitrogens with one attached hydrogen (secondary N) is 1. The van der Waals surface area contributed by atoms with E-state index in [-0.39, 0.29) is 5.91 Å². The molecule has 1 N–H and O–H groups in total. The Morgan fingerprint density at radius 1 is 1.19 bits per heavy atom. The Labute approximate surface area is 133 Å². The average molecular weight is 348 g/mol. The summed E-state index contributed by atoms with van der Waals surface area (Å²) in [5.74, 6) is -0.116. The third-order valence-electron chi connectivity index (χ3n) is 3.03. The number of carbonyl (C=O) groups is 1. The average Bonchev–Trinajstić information content (AvgIpc) is 2.46. The Morgan fingerprint density at radius 3 is 2.52 bits per heavy atom. The largest absolute Gasteiger partial charge is 0.348 e. The van der Waals surface area contributed by atoms with E-state index in [0.29, 0.717) is 12.1 Å². The highest BCUT2D eigenvalue weighted by Crippen LogP contribution is 2.11. The number of rotatable bonds is 5. The normalized spacial score (nSPS) is 10.7. The van der Waals surface area contributed by atoms with Crippen LogP contribution in [0.2, 0.25) is 0 Å². The molecule has 0 unspecified atom stereocenters. The number of nitrogens with zero attached hydrogens (tertiary/aromatic N) is 2. The summed E-state index contributed by atoms with van der Waals surface area (Å²) in [6, 6.07) is 11.6. The molecule has 21 heavy (non-hydrogen) atoms. The molecular formula is C16H18BrN3O. The van der Waals surface area contributed by atoms with Crippen LogP contribution in [0.1, 0.15) is 21.5 Å². The van der Waals surface area contributed by atoms with E-state index in [1.165, 1.54) is 5.56 Å². The summed E-state index contributed by atoms with van der Waals surface area (Å²) >= 11 is 3.26. The van der Waals surface area contributed by atoms with Gasteiger partial charge in [-0.15, -0.1) is 0 Å². The van der Waals surface area contributed by atoms with Crippen molar-refractivity contribution in [3.05, 3.63) is 63.9 Å². The van der Waals surface area contributed by atoms with Crippen LogP contribution in [-0.2, 0) is 13.1 Å². The van der Waals surface area contributed by atoms with Gasteiger partial charge in [-0.3, -0.25) is 4.79 Å². The number of aromatic nitrogens is 1. The van der Waals surface area contributed by atoms with E-state index in [1.54, 1.807) is 18.3 Å². The maximum atomic E-state index is 12.1. The van der Waals surface area contributed by atoms with Crippen LogP contribution in [0.5, 0.6) is 0 Å². The van der Waals surface area contributed by atoms with E-state index in [9.17, 15) is 4.79 Å². The number of amides is 1. The van der Waals surface area contributed by atoms with Gasteiger partial charge in [-0.1, -0.05) is 24.3 Å². The molecule has 5 heteroatoms. The third-order valence-corrected chi connectivity index (χ3v) is 3.50. The third kappa shape index (κ3) is 4.65. The van der Waals surface area contributed by atoms with Gasteiger partial charge in [0.2, 0.25) is 0 Å². The van der Waals surface area contributed by atoms with Crippen LogP contribution < -0.4 is 5.32 Å². The van der Waals surface area contributed by atoms with E-state index in [1.807, 2.05) is 32.3 Å². The van der Waals surface area contributed by atoms with Crippen molar-refractivity contribution < 1.29 is 4.79 Å². The standard InChI is InChI=1S/C16H18BrN3O/c1-20(2)11-14-6-4-3-5-12(14)9-19-16(21)13-7-8-15(17)18-10-13/h3-8,10H,9,11H2,1-2H3,(H,19,21). The number of pyridine rings is 1. The zero-order valence-corrected chi connectivity index (χ0v) is 13.7. The van der Waals surface area contributed by atoms with Crippen molar-refractivity contribution in [1.29, 1.82) is 0 Å². The monoisotopic (exact) mass is 347 g/mol. The number of benzene rings is 1. The first-order valence-corrected chi connectivity index (χ1v) is 7.47. The highest BCUT2D eigenvalue weighted by Gasteiger charge is 2.08. The molecule has 0 bridgehead atoms. The molecule has 0 atom stereocenters. The fourth-order valence-corrected chi connectivity index (χ4v) is 2.25. The summed E-state index contributed by atoms with van der Waals surface area (Å²) in [5.41, 5.74) is 2.91. The summed E-state index contributed by atoms with van der Waals surface area (Å²) in [6.45, 7) is 1.37. The molecule has 4 nitrogen and oxygen atoms in total. The van der Waals surface area contributed by atoms with E-state index >= 15 is 0 Å². The van der Waals surface area contributed by atoms with E-state index in [0.717, 1.165) is 16.7 Å². The first-order valence-electron chi connectivity index (χ1n) is 6.67. The highest BCUT2D eigenvalue weighted by molar-refractivity contribution is 9.10. The zero-order valence-electron chi connectivity index (χ0n) is 12.1. The molecule has 1 heterocycles. The van der Waals surface area contributed by atoms with Crippen LogP contribution in [0.15, 0.2) is 47.2 Å². The minimum absolute atomic E-state index is 0.116. The van der Waals surface area contributed by atoms with Crippen molar-refractivity contribution in [1.82, 2.24) is 15.2 Å². The smallest absolute Gasteiger partial charge is 0.253 e. The van der Waals surface area contributed by atoms with Crippen molar-refractivity contribution in [2.75, 3.05) is 14.1 Å². The van der Waals surface area contributed by atoms with Crippen molar-refractivity contribution in [3.63, 3.8) is 0 Å². The lowest BCUT2D eigenvalue weighted by Crippen LogP contribution is -2.24. The fraction of sp³-hybridized carbons (Fsp3) is 0.250. The zero-order chi connectivity index (χ0) is 15.2. The van der Waals surface area contributed by atoms with Crippen LogP contribution >= 0.6 is 15.9 Å². The molecule has 0 spiro atoms. The highest BCUT2D eigenvalue weighted by atomic mass is 79.9. The summed E-state index contributed by atoms with van der Waals surface area (Å²) < 4.78 is 0.718. The van der Waals surface area contributed by atoms with Crippen molar-refractivity contribution in [2.45, 2.75) is 13.1 Å². The lowest BCUT2D eigenvalue weighted by Gasteiger charge is -2.14. The topological polar surface area (TPSA) is 45.2 Å². The molecule has 0 radical (unpaired) electrons. The maximum Gasteiger partial charge on any atom is 0.253 e. The van der Waals surface area contributed by atoms with Crippen LogP contribution in [0.4, 0.5) is 0 Å². The molecule has 0 aliphatic rings. The molecule has 110 valence electrons.